The predicted octanol–water partition coefficient (Wildman–Crippen LogP) is 24.8. The van der Waals surface area contributed by atoms with Crippen molar-refractivity contribution in [3.63, 3.8) is 0 Å². The maximum absolute atomic E-state index is 13.7. The number of aryl methyl sites for hydroxylation is 8. The molecule has 0 bridgehead atoms. The Labute approximate surface area is 768 Å². The number of rotatable bonds is 14. The number of nitrogens with zero attached hydrogens (tertiary/aromatic N) is 15. The molecule has 9 aromatic rings. The van der Waals surface area contributed by atoms with Gasteiger partial charge in [0, 0.05) is 90.8 Å². The lowest BCUT2D eigenvalue weighted by molar-refractivity contribution is 0.00800. The van der Waals surface area contributed by atoms with E-state index < -0.39 is 21.2 Å². The van der Waals surface area contributed by atoms with Crippen LogP contribution in [-0.4, -0.2) is 143 Å². The number of hydrogen-bond donors (Lipinski definition) is 2. The van der Waals surface area contributed by atoms with Gasteiger partial charge in [-0.05, 0) is 306 Å². The third kappa shape index (κ3) is 26.7. The van der Waals surface area contributed by atoms with Gasteiger partial charge in [-0.15, -0.1) is 92.8 Å². The summed E-state index contributed by atoms with van der Waals surface area (Å²) >= 11 is 6.65. The lowest BCUT2D eigenvalue weighted by Gasteiger charge is -2.41. The van der Waals surface area contributed by atoms with Gasteiger partial charge < -0.3 is 19.7 Å². The number of aromatic nitrogens is 12. The van der Waals surface area contributed by atoms with Crippen molar-refractivity contribution in [2.75, 3.05) is 37.2 Å². The van der Waals surface area contributed by atoms with Crippen molar-refractivity contribution in [1.82, 2.24) is 78.4 Å². The summed E-state index contributed by atoms with van der Waals surface area (Å²) in [6.07, 6.45) is 37.5. The highest BCUT2D eigenvalue weighted by atomic mass is 35.5. The molecule has 17 rings (SSSR count). The minimum atomic E-state index is -3.51. The number of carbonyl (C=O) groups excluding carboxylic acids is 3. The average Bonchev–Trinajstić information content (AvgIpc) is 1.61. The number of halogens is 2. The van der Waals surface area contributed by atoms with Crippen LogP contribution in [0.5, 0.6) is 0 Å². The van der Waals surface area contributed by atoms with Crippen LogP contribution in [0.4, 0.5) is 15.3 Å². The Morgan fingerprint density at radius 3 is 1.35 bits per heavy atom. The molecule has 2 N–H and O–H groups in total. The Kier molecular flexibility index (Phi) is 37.9. The molecule has 123 heavy (non-hydrogen) atoms. The van der Waals surface area contributed by atoms with Crippen LogP contribution in [0.15, 0.2) is 61.1 Å². The van der Waals surface area contributed by atoms with Gasteiger partial charge in [0.15, 0.2) is 22.6 Å². The number of nitrogens with one attached hydrogen (secondary N) is 2. The first-order chi connectivity index (χ1) is 58.2. The molecular formula is C79H124Cl2N17O7P17S. The number of benzene rings is 1. The highest BCUT2D eigenvalue weighted by molar-refractivity contribution is 9.31. The van der Waals surface area contributed by atoms with Crippen molar-refractivity contribution >= 4 is 218 Å². The Balaban J connectivity index is 0.000000143. The number of sulfonamides is 1. The highest BCUT2D eigenvalue weighted by Gasteiger charge is 2.40. The smallest absolute Gasteiger partial charge is 0.410 e. The largest absolute Gasteiger partial charge is 0.444 e. The van der Waals surface area contributed by atoms with Crippen LogP contribution in [0.25, 0.3) is 22.6 Å². The van der Waals surface area contributed by atoms with Gasteiger partial charge in [-0.2, -0.15) is 20.4 Å². The van der Waals surface area contributed by atoms with E-state index in [-0.39, 0.29) is 97.5 Å². The molecule has 1 aromatic carbocycles. The zero-order valence-corrected chi connectivity index (χ0v) is 91.8. The van der Waals surface area contributed by atoms with E-state index in [0.717, 1.165) is 217 Å². The van der Waals surface area contributed by atoms with E-state index in [0.29, 0.717) is 35.5 Å². The van der Waals surface area contributed by atoms with Crippen molar-refractivity contribution in [3.05, 3.63) is 145 Å². The molecule has 0 spiro atoms. The second-order valence-electron chi connectivity index (χ2n) is 34.5. The van der Waals surface area contributed by atoms with Crippen molar-refractivity contribution in [1.29, 1.82) is 0 Å². The Morgan fingerprint density at radius 2 is 0.911 bits per heavy atom. The first-order valence-electron chi connectivity index (χ1n) is 42.5. The van der Waals surface area contributed by atoms with Gasteiger partial charge in [-0.1, -0.05) is 37.6 Å². The zero-order valence-electron chi connectivity index (χ0n) is 71.8. The monoisotopic (exact) mass is 2050 g/mol. The SMILES string of the molecule is CC(C)(C)OC(=O)N1CCCCC1c1cc2nc3c(c(Cl)n2n1)CCCC3.CC(C)(C)OC(=O)N1CCCCC1c1cc2nc3c(cn2n1)CCCC3.Cc1ccc(NS(C)(=O)=O)c(C(=O)N2CCCCC2c2cc3nc4c(cn3n2)CCCC4)c1.Cl.PPP(P(P)P)P(P(P)P)P(P(P)P)P(P)P.c1c(C2CCCCN2)nn2cc3c(nc12)CCCC3. The molecule has 672 valence electrons. The molecule has 4 saturated heterocycles. The summed E-state index contributed by atoms with van der Waals surface area (Å²) in [7, 11) is 25.5. The van der Waals surface area contributed by atoms with Crippen LogP contribution >= 0.6 is 161 Å². The number of carbonyl (C=O) groups is 3. The number of likely N-dealkylation sites (tertiary alicyclic amines) is 3. The fourth-order valence-electron chi connectivity index (χ4n) is 17.1. The van der Waals surface area contributed by atoms with Crippen LogP contribution in [0.3, 0.4) is 0 Å². The highest BCUT2D eigenvalue weighted by Crippen LogP contribution is 3.26. The van der Waals surface area contributed by atoms with Gasteiger partial charge in [-0.3, -0.25) is 19.3 Å². The minimum Gasteiger partial charge on any atom is -0.444 e. The zero-order chi connectivity index (χ0) is 87.1. The Bertz CT molecular complexity index is 5150. The lowest BCUT2D eigenvalue weighted by atomic mass is 9.97. The summed E-state index contributed by atoms with van der Waals surface area (Å²) in [5.41, 5.74) is 17.7. The van der Waals surface area contributed by atoms with E-state index in [9.17, 15) is 22.8 Å². The standard InChI is InChI=1S/C24H29N5O3S.C20H27ClN4O2.C20H28N4O2.C15H20N4.ClH.H19P17/c1-16-10-11-20(27-33(2,31)32)18(13-16)24(30)28-12-6-5-9-22(28)21-14-23-25-19-8-4-3-7-17(19)15-29(23)26-21;1-20(2,3)27-19(26)24-11-7-6-10-16(24)15-12-17-22-14-9-5-4-8-13(14)18(21)25(17)23-15;1-20(2,3)26-19(25)23-11-7-6-10-17(23)16-12-18-21-15-9-5-4-8-14(15)13-24(18)22-16;1-2-6-12-11(5-1)10-19-15(17-12)9-14(18-19)13-7-3-4-8-16-13;;1-10-15(11(2)3)17(14(8)9)16(12(4)5)13(6)7/h10-11,13-15,22,27H,3-9,12H2,1-2H3;12,16H,4-11H2,1-3H3;12-13,17H,4-11H2,1-3H3;9-10,13,16H,1-8H2;1H;10H,1-9H2. The van der Waals surface area contributed by atoms with Gasteiger partial charge in [0.2, 0.25) is 10.0 Å². The van der Waals surface area contributed by atoms with Crippen LogP contribution < -0.4 is 10.0 Å². The molecule has 24 nitrogen and oxygen atoms in total. The second-order valence-corrected chi connectivity index (χ2v) is 101. The maximum atomic E-state index is 13.7. The number of piperidine rings is 4. The van der Waals surface area contributed by atoms with Gasteiger partial charge in [0.25, 0.3) is 5.91 Å². The third-order valence-corrected chi connectivity index (χ3v) is 126. The van der Waals surface area contributed by atoms with Crippen molar-refractivity contribution < 1.29 is 32.3 Å². The maximum Gasteiger partial charge on any atom is 0.410 e. The molecule has 4 fully saturated rings. The molecule has 4 aliphatic carbocycles. The quantitative estimate of drug-likeness (QED) is 0.0757. The average molecular weight is 2050 g/mol. The molecule has 16 unspecified atom stereocenters. The van der Waals surface area contributed by atoms with Crippen LogP contribution in [-0.2, 0) is 70.9 Å². The van der Waals surface area contributed by atoms with Crippen molar-refractivity contribution in [3.8, 4) is 0 Å². The summed E-state index contributed by atoms with van der Waals surface area (Å²) in [5.74, 6) is -0.182. The fraction of sp³-hybridized carbons (Fsp3) is 0.582. The molecule has 44 heteroatoms. The number of amides is 3. The number of hydrogen-bond acceptors (Lipinski definition) is 16. The molecule has 8 aliphatic rings. The van der Waals surface area contributed by atoms with E-state index in [1.807, 2.05) is 94.9 Å². The van der Waals surface area contributed by atoms with Gasteiger partial charge >= 0.3 is 12.2 Å². The summed E-state index contributed by atoms with van der Waals surface area (Å²) in [6, 6.07) is 13.5. The lowest BCUT2D eigenvalue weighted by Crippen LogP contribution is -2.42. The molecule has 0 saturated carbocycles. The van der Waals surface area contributed by atoms with Crippen LogP contribution in [0.1, 0.15) is 278 Å². The summed E-state index contributed by atoms with van der Waals surface area (Å²) < 4.78 is 44.9. The molecule has 4 aliphatic heterocycles. The second kappa shape index (κ2) is 46.0. The van der Waals surface area contributed by atoms with Gasteiger partial charge in [0.1, 0.15) is 16.4 Å². The first kappa shape index (κ1) is 101. The fourth-order valence-corrected chi connectivity index (χ4v) is 207. The van der Waals surface area contributed by atoms with E-state index in [2.05, 4.69) is 115 Å². The van der Waals surface area contributed by atoms with E-state index in [1.165, 1.54) is 85.9 Å². The summed E-state index contributed by atoms with van der Waals surface area (Å²) in [5, 5.41) is 23.3. The predicted molar refractivity (Wildman–Crippen MR) is 556 cm³/mol. The Hall–Kier alpha value is -0.690. The number of ether oxygens (including phenoxy) is 2. The Morgan fingerprint density at radius 1 is 0.504 bits per heavy atom. The number of fused-ring (bicyclic) bond motifs is 8. The van der Waals surface area contributed by atoms with Gasteiger partial charge in [0.05, 0.1) is 64.4 Å². The van der Waals surface area contributed by atoms with E-state index >= 15 is 0 Å². The summed E-state index contributed by atoms with van der Waals surface area (Å²) in [4.78, 5) is 63.9. The summed E-state index contributed by atoms with van der Waals surface area (Å²) in [6.45, 7) is 17.3. The third-order valence-electron chi connectivity index (χ3n) is 22.8. The van der Waals surface area contributed by atoms with Crippen LogP contribution in [0.2, 0.25) is 5.15 Å². The molecule has 0 radical (unpaired) electrons. The molecule has 8 aromatic heterocycles. The van der Waals surface area contributed by atoms with Crippen molar-refractivity contribution in [2.24, 2.45) is 0 Å². The number of anilines is 1. The van der Waals surface area contributed by atoms with Gasteiger partial charge in [-0.25, -0.2) is 56.0 Å². The van der Waals surface area contributed by atoms with Crippen molar-refractivity contribution in [2.45, 2.75) is 264 Å². The van der Waals surface area contributed by atoms with Crippen LogP contribution in [0, 0.1) is 6.92 Å². The molecule has 12 heterocycles. The van der Waals surface area contributed by atoms with E-state index in [1.54, 1.807) is 22.7 Å². The topological polar surface area (TPSA) is 258 Å². The molecule has 3 amide bonds. The molecule has 16 atom stereocenters. The molecular weight excluding hydrogens is 1930 g/mol. The normalized spacial score (nSPS) is 20.0. The van der Waals surface area contributed by atoms with E-state index in [4.69, 9.17) is 61.4 Å². The minimum absolute atomic E-state index is 0. The first-order valence-corrected chi connectivity index (χ1v) is 75.0.